The first-order valence-electron chi connectivity index (χ1n) is 6.08. The Balaban J connectivity index is 2.40. The molecule has 94 valence electrons. The van der Waals surface area contributed by atoms with E-state index in [1.165, 1.54) is 11.1 Å². The van der Waals surface area contributed by atoms with Crippen molar-refractivity contribution in [3.05, 3.63) is 59.7 Å². The molecule has 0 amide bonds. The van der Waals surface area contributed by atoms with Crippen molar-refractivity contribution in [2.45, 2.75) is 19.8 Å². The average molecular weight is 241 g/mol. The molecule has 0 saturated carbocycles. The third-order valence-electron chi connectivity index (χ3n) is 2.41. The number of aryl methyl sites for hydroxylation is 1. The summed E-state index contributed by atoms with van der Waals surface area (Å²) in [6.07, 6.45) is 11.5. The second kappa shape index (κ2) is 9.05. The van der Waals surface area contributed by atoms with Crippen LogP contribution in [0.15, 0.2) is 64.0 Å². The van der Waals surface area contributed by atoms with Crippen LogP contribution in [0.5, 0.6) is 0 Å². The van der Waals surface area contributed by atoms with Crippen molar-refractivity contribution in [2.24, 2.45) is 15.4 Å². The molecule has 0 N–H and O–H groups in total. The minimum Gasteiger partial charge on any atom is -0.172 e. The summed E-state index contributed by atoms with van der Waals surface area (Å²) in [6.45, 7) is 2.17. The van der Waals surface area contributed by atoms with Crippen molar-refractivity contribution < 1.29 is 0 Å². The fourth-order valence-corrected chi connectivity index (χ4v) is 1.49. The van der Waals surface area contributed by atoms with Crippen LogP contribution in [0.2, 0.25) is 0 Å². The van der Waals surface area contributed by atoms with Gasteiger partial charge in [-0.15, -0.1) is 5.10 Å². The lowest BCUT2D eigenvalue weighted by molar-refractivity contribution is 1.03. The molecule has 0 saturated heterocycles. The highest BCUT2D eigenvalue weighted by molar-refractivity contribution is 5.71. The summed E-state index contributed by atoms with van der Waals surface area (Å²) in [7, 11) is 1.59. The van der Waals surface area contributed by atoms with Crippen LogP contribution >= 0.6 is 0 Å². The molecule has 1 aromatic rings. The zero-order valence-corrected chi connectivity index (χ0v) is 11.0. The topological polar surface area (TPSA) is 37.1 Å². The number of hydrogen-bond acceptors (Lipinski definition) is 2. The summed E-state index contributed by atoms with van der Waals surface area (Å²) in [5.74, 6) is 0. The highest BCUT2D eigenvalue weighted by atomic mass is 15.3. The number of nitrogens with zero attached hydrogens (tertiary/aromatic N) is 3. The van der Waals surface area contributed by atoms with Gasteiger partial charge in [-0.25, -0.2) is 0 Å². The Morgan fingerprint density at radius 2 is 1.94 bits per heavy atom. The van der Waals surface area contributed by atoms with Crippen molar-refractivity contribution >= 4 is 6.21 Å². The number of hydrogen-bond donors (Lipinski definition) is 0. The lowest BCUT2D eigenvalue weighted by Crippen LogP contribution is -1.84. The van der Waals surface area contributed by atoms with Crippen LogP contribution in [0.1, 0.15) is 18.1 Å². The Hall–Kier alpha value is -2.03. The summed E-state index contributed by atoms with van der Waals surface area (Å²) in [5, 5.41) is 10.7. The van der Waals surface area contributed by atoms with E-state index in [9.17, 15) is 0 Å². The molecular weight excluding hydrogens is 222 g/mol. The van der Waals surface area contributed by atoms with E-state index in [0.29, 0.717) is 0 Å². The van der Waals surface area contributed by atoms with Gasteiger partial charge in [-0.3, -0.25) is 0 Å². The Labute approximate surface area is 109 Å². The maximum absolute atomic E-state index is 3.68. The molecule has 0 heterocycles. The van der Waals surface area contributed by atoms with Crippen molar-refractivity contribution in [2.75, 3.05) is 7.05 Å². The predicted molar refractivity (Wildman–Crippen MR) is 77.1 cm³/mol. The molecule has 0 radical (unpaired) electrons. The molecule has 0 fully saturated rings. The van der Waals surface area contributed by atoms with Crippen LogP contribution in [-0.2, 0) is 12.8 Å². The first-order valence-corrected chi connectivity index (χ1v) is 6.08. The highest BCUT2D eigenvalue weighted by Gasteiger charge is 1.91. The summed E-state index contributed by atoms with van der Waals surface area (Å²) >= 11 is 0. The summed E-state index contributed by atoms with van der Waals surface area (Å²) in [6, 6.07) is 8.67. The van der Waals surface area contributed by atoms with Gasteiger partial charge >= 0.3 is 0 Å². The third kappa shape index (κ3) is 5.89. The molecule has 0 bridgehead atoms. The van der Waals surface area contributed by atoms with E-state index in [1.54, 1.807) is 13.3 Å². The maximum Gasteiger partial charge on any atom is 0.0513 e. The Bertz CT molecular complexity index is 457. The fraction of sp³-hybridized carbons (Fsp3) is 0.267. The van der Waals surface area contributed by atoms with Crippen LogP contribution < -0.4 is 0 Å². The largest absolute Gasteiger partial charge is 0.172 e. The van der Waals surface area contributed by atoms with E-state index >= 15 is 0 Å². The van der Waals surface area contributed by atoms with Crippen LogP contribution in [0, 0.1) is 0 Å². The smallest absolute Gasteiger partial charge is 0.0513 e. The minimum atomic E-state index is 0.948. The van der Waals surface area contributed by atoms with Gasteiger partial charge in [0.1, 0.15) is 0 Å². The van der Waals surface area contributed by atoms with Gasteiger partial charge in [-0.2, -0.15) is 5.11 Å². The molecule has 0 atom stereocenters. The lowest BCUT2D eigenvalue weighted by Gasteiger charge is -1.99. The highest BCUT2D eigenvalue weighted by Crippen LogP contribution is 2.07. The molecular formula is C15H19N3. The van der Waals surface area contributed by atoms with Gasteiger partial charge < -0.3 is 0 Å². The molecule has 0 aliphatic heterocycles. The average Bonchev–Trinajstić information content (AvgIpc) is 2.42. The third-order valence-corrected chi connectivity index (χ3v) is 2.41. The van der Waals surface area contributed by atoms with Crippen LogP contribution in [0.25, 0.3) is 0 Å². The summed E-state index contributed by atoms with van der Waals surface area (Å²) < 4.78 is 0. The lowest BCUT2D eigenvalue weighted by atomic mass is 10.1. The molecule has 1 aromatic carbocycles. The monoisotopic (exact) mass is 241 g/mol. The molecule has 1 rings (SSSR count). The number of allylic oxidation sites excluding steroid dienone is 4. The zero-order chi connectivity index (χ0) is 13.1. The maximum atomic E-state index is 3.68. The van der Waals surface area contributed by atoms with Gasteiger partial charge in [-0.1, -0.05) is 49.4 Å². The summed E-state index contributed by atoms with van der Waals surface area (Å²) in [5.41, 5.74) is 2.72. The Morgan fingerprint density at radius 1 is 1.11 bits per heavy atom. The van der Waals surface area contributed by atoms with Crippen LogP contribution in [-0.4, -0.2) is 13.3 Å². The van der Waals surface area contributed by atoms with E-state index in [2.05, 4.69) is 52.7 Å². The zero-order valence-electron chi connectivity index (χ0n) is 11.0. The molecule has 18 heavy (non-hydrogen) atoms. The standard InChI is InChI=1S/C15H19N3/c1-3-14-10-8-11-15(13-14)9-6-4-5-7-12-17-18-16-2/h4-8,10-13H,3,9H2,1-2H3/b6-4+,7-5+,17-12+,18-16+. The predicted octanol–water partition coefficient (Wildman–Crippen LogP) is 3.97. The Morgan fingerprint density at radius 3 is 2.72 bits per heavy atom. The van der Waals surface area contributed by atoms with Gasteiger partial charge in [0, 0.05) is 0 Å². The second-order valence-corrected chi connectivity index (χ2v) is 3.74. The van der Waals surface area contributed by atoms with E-state index in [-0.39, 0.29) is 0 Å². The van der Waals surface area contributed by atoms with E-state index in [0.717, 1.165) is 12.8 Å². The summed E-state index contributed by atoms with van der Waals surface area (Å²) in [4.78, 5) is 0. The fourth-order valence-electron chi connectivity index (χ4n) is 1.49. The molecule has 0 aromatic heterocycles. The van der Waals surface area contributed by atoms with E-state index in [1.807, 2.05) is 18.2 Å². The second-order valence-electron chi connectivity index (χ2n) is 3.74. The van der Waals surface area contributed by atoms with Crippen LogP contribution in [0.3, 0.4) is 0 Å². The van der Waals surface area contributed by atoms with E-state index in [4.69, 9.17) is 0 Å². The molecule has 3 heteroatoms. The van der Waals surface area contributed by atoms with Gasteiger partial charge in [-0.05, 0) is 35.3 Å². The van der Waals surface area contributed by atoms with Crippen molar-refractivity contribution in [3.63, 3.8) is 0 Å². The first-order chi connectivity index (χ1) is 8.86. The molecule has 0 aliphatic carbocycles. The quantitative estimate of drug-likeness (QED) is 0.313. The number of benzene rings is 1. The normalized spacial score (nSPS) is 12.6. The van der Waals surface area contributed by atoms with Crippen LogP contribution in [0.4, 0.5) is 0 Å². The Kier molecular flexibility index (Phi) is 7.05. The van der Waals surface area contributed by atoms with Gasteiger partial charge in [0.2, 0.25) is 0 Å². The molecule has 0 spiro atoms. The van der Waals surface area contributed by atoms with Crippen molar-refractivity contribution in [3.8, 4) is 0 Å². The SMILES string of the molecule is CCc1cccc(C/C=C/C=C/C=N/N=N/C)c1. The van der Waals surface area contributed by atoms with Gasteiger partial charge in [0.05, 0.1) is 13.3 Å². The molecule has 0 unspecified atom stereocenters. The van der Waals surface area contributed by atoms with Crippen molar-refractivity contribution in [1.29, 1.82) is 0 Å². The van der Waals surface area contributed by atoms with Gasteiger partial charge in [0.15, 0.2) is 0 Å². The number of rotatable bonds is 6. The minimum absolute atomic E-state index is 0.948. The van der Waals surface area contributed by atoms with Gasteiger partial charge in [0.25, 0.3) is 0 Å². The molecule has 0 aliphatic rings. The molecule has 3 nitrogen and oxygen atoms in total. The van der Waals surface area contributed by atoms with E-state index < -0.39 is 0 Å². The van der Waals surface area contributed by atoms with Crippen molar-refractivity contribution in [1.82, 2.24) is 0 Å². The first kappa shape index (κ1) is 14.0.